The van der Waals surface area contributed by atoms with Gasteiger partial charge >= 0.3 is 0 Å². The molecule has 0 aliphatic heterocycles. The molecule has 0 bridgehead atoms. The van der Waals surface area contributed by atoms with Crippen LogP contribution in [0.15, 0.2) is 47.6 Å². The molecule has 0 saturated carbocycles. The second kappa shape index (κ2) is 10.9. The fourth-order valence-corrected chi connectivity index (χ4v) is 2.39. The van der Waals surface area contributed by atoms with E-state index < -0.39 is 6.10 Å². The van der Waals surface area contributed by atoms with E-state index in [1.165, 1.54) is 0 Å². The summed E-state index contributed by atoms with van der Waals surface area (Å²) in [6.45, 7) is 3.47. The fourth-order valence-electron chi connectivity index (χ4n) is 2.05. The predicted octanol–water partition coefficient (Wildman–Crippen LogP) is 2.88. The molecule has 2 rings (SSSR count). The van der Waals surface area contributed by atoms with Crippen molar-refractivity contribution in [1.82, 2.24) is 15.6 Å². The summed E-state index contributed by atoms with van der Waals surface area (Å²) in [5.41, 5.74) is 0.865. The van der Waals surface area contributed by atoms with Crippen LogP contribution >= 0.6 is 23.2 Å². The Morgan fingerprint density at radius 3 is 2.81 bits per heavy atom. The normalized spacial score (nSPS) is 12.5. The van der Waals surface area contributed by atoms with Crippen molar-refractivity contribution in [3.63, 3.8) is 0 Å². The molecule has 140 valence electrons. The zero-order valence-corrected chi connectivity index (χ0v) is 16.0. The third kappa shape index (κ3) is 6.71. The van der Waals surface area contributed by atoms with Crippen LogP contribution in [0.25, 0.3) is 0 Å². The lowest BCUT2D eigenvalue weighted by Crippen LogP contribution is -2.42. The number of aliphatic hydroxyl groups is 1. The number of benzene rings is 1. The van der Waals surface area contributed by atoms with Crippen molar-refractivity contribution in [2.24, 2.45) is 4.99 Å². The number of aliphatic hydroxyl groups excluding tert-OH is 1. The summed E-state index contributed by atoms with van der Waals surface area (Å²) in [5, 5.41) is 17.1. The maximum atomic E-state index is 10.1. The van der Waals surface area contributed by atoms with Gasteiger partial charge in [0.15, 0.2) is 5.96 Å². The molecule has 26 heavy (non-hydrogen) atoms. The van der Waals surface area contributed by atoms with Gasteiger partial charge in [0.2, 0.25) is 0 Å². The van der Waals surface area contributed by atoms with E-state index in [-0.39, 0.29) is 13.2 Å². The van der Waals surface area contributed by atoms with E-state index in [9.17, 15) is 5.11 Å². The molecule has 1 heterocycles. The maximum Gasteiger partial charge on any atom is 0.191 e. The topological polar surface area (TPSA) is 78.8 Å². The van der Waals surface area contributed by atoms with Gasteiger partial charge in [0.25, 0.3) is 0 Å². The van der Waals surface area contributed by atoms with Crippen LogP contribution in [0.2, 0.25) is 10.0 Å². The first-order valence-corrected chi connectivity index (χ1v) is 9.02. The van der Waals surface area contributed by atoms with Gasteiger partial charge in [-0.25, -0.2) is 4.99 Å². The van der Waals surface area contributed by atoms with Crippen LogP contribution in [0.3, 0.4) is 0 Å². The Balaban J connectivity index is 1.82. The van der Waals surface area contributed by atoms with Crippen LogP contribution in [-0.4, -0.2) is 41.9 Å². The fraction of sp³-hybridized carbons (Fsp3) is 0.333. The van der Waals surface area contributed by atoms with Crippen molar-refractivity contribution in [2.45, 2.75) is 19.6 Å². The lowest BCUT2D eigenvalue weighted by atomic mass is 10.3. The number of pyridine rings is 1. The molecule has 0 saturated heterocycles. The SMILES string of the molecule is CCNC(=NCc1ccccn1)NCC(O)COc1cccc(Cl)c1Cl. The van der Waals surface area contributed by atoms with Gasteiger partial charge in [-0.2, -0.15) is 0 Å². The van der Waals surface area contributed by atoms with Gasteiger partial charge in [-0.3, -0.25) is 4.98 Å². The van der Waals surface area contributed by atoms with Gasteiger partial charge < -0.3 is 20.5 Å². The van der Waals surface area contributed by atoms with Crippen molar-refractivity contribution in [1.29, 1.82) is 0 Å². The Kier molecular flexibility index (Phi) is 8.47. The van der Waals surface area contributed by atoms with Gasteiger partial charge in [0.05, 0.1) is 17.3 Å². The molecule has 0 amide bonds. The van der Waals surface area contributed by atoms with Crippen LogP contribution in [0.1, 0.15) is 12.6 Å². The first-order valence-electron chi connectivity index (χ1n) is 8.27. The molecule has 0 aliphatic rings. The minimum Gasteiger partial charge on any atom is -0.489 e. The summed E-state index contributed by atoms with van der Waals surface area (Å²) >= 11 is 12.0. The summed E-state index contributed by atoms with van der Waals surface area (Å²) in [7, 11) is 0. The number of halogens is 2. The number of guanidine groups is 1. The van der Waals surface area contributed by atoms with Crippen LogP contribution in [-0.2, 0) is 6.54 Å². The molecule has 1 atom stereocenters. The molecule has 0 fully saturated rings. The third-order valence-electron chi connectivity index (χ3n) is 3.32. The lowest BCUT2D eigenvalue weighted by Gasteiger charge is -2.16. The first kappa shape index (κ1) is 20.3. The van der Waals surface area contributed by atoms with Crippen molar-refractivity contribution < 1.29 is 9.84 Å². The van der Waals surface area contributed by atoms with E-state index in [2.05, 4.69) is 20.6 Å². The zero-order valence-electron chi connectivity index (χ0n) is 14.5. The Morgan fingerprint density at radius 1 is 1.23 bits per heavy atom. The predicted molar refractivity (Wildman–Crippen MR) is 105 cm³/mol. The highest BCUT2D eigenvalue weighted by atomic mass is 35.5. The Morgan fingerprint density at radius 2 is 2.08 bits per heavy atom. The Labute approximate surface area is 163 Å². The summed E-state index contributed by atoms with van der Waals surface area (Å²) in [6.07, 6.45) is 0.983. The van der Waals surface area contributed by atoms with Crippen LogP contribution in [0.4, 0.5) is 0 Å². The quantitative estimate of drug-likeness (QED) is 0.472. The molecule has 6 nitrogen and oxygen atoms in total. The number of aromatic nitrogens is 1. The molecular formula is C18H22Cl2N4O2. The molecule has 1 aromatic heterocycles. The first-order chi connectivity index (χ1) is 12.6. The number of rotatable bonds is 8. The average molecular weight is 397 g/mol. The molecule has 1 aromatic carbocycles. The summed E-state index contributed by atoms with van der Waals surface area (Å²) in [6, 6.07) is 10.8. The van der Waals surface area contributed by atoms with E-state index in [0.717, 1.165) is 5.69 Å². The van der Waals surface area contributed by atoms with E-state index >= 15 is 0 Å². The monoisotopic (exact) mass is 396 g/mol. The van der Waals surface area contributed by atoms with Crippen LogP contribution < -0.4 is 15.4 Å². The van der Waals surface area contributed by atoms with Gasteiger partial charge in [0, 0.05) is 19.3 Å². The summed E-state index contributed by atoms with van der Waals surface area (Å²) in [5.74, 6) is 1.03. The standard InChI is InChI=1S/C18H22Cl2N4O2/c1-2-21-18(23-10-13-6-3-4-9-22-13)24-11-14(25)12-26-16-8-5-7-15(19)17(16)20/h3-9,14,25H,2,10-12H2,1H3,(H2,21,23,24). The third-order valence-corrected chi connectivity index (χ3v) is 4.12. The minimum atomic E-state index is -0.747. The van der Waals surface area contributed by atoms with Crippen molar-refractivity contribution in [3.05, 3.63) is 58.3 Å². The van der Waals surface area contributed by atoms with Crippen molar-refractivity contribution in [2.75, 3.05) is 19.7 Å². The number of aliphatic imine (C=N–C) groups is 1. The zero-order chi connectivity index (χ0) is 18.8. The molecule has 0 radical (unpaired) electrons. The van der Waals surface area contributed by atoms with Gasteiger partial charge in [-0.15, -0.1) is 0 Å². The molecule has 2 aromatic rings. The molecule has 3 N–H and O–H groups in total. The van der Waals surface area contributed by atoms with Crippen molar-refractivity contribution >= 4 is 29.2 Å². The molecule has 1 unspecified atom stereocenters. The summed E-state index contributed by atoms with van der Waals surface area (Å²) in [4.78, 5) is 8.67. The number of ether oxygens (including phenoxy) is 1. The van der Waals surface area contributed by atoms with E-state index in [1.54, 1.807) is 24.4 Å². The number of hydrogen-bond donors (Lipinski definition) is 3. The number of nitrogens with one attached hydrogen (secondary N) is 2. The minimum absolute atomic E-state index is 0.0761. The Hall–Kier alpha value is -2.02. The van der Waals surface area contributed by atoms with Crippen LogP contribution in [0.5, 0.6) is 5.75 Å². The Bertz CT molecular complexity index is 714. The number of nitrogens with zero attached hydrogens (tertiary/aromatic N) is 2. The smallest absolute Gasteiger partial charge is 0.191 e. The highest BCUT2D eigenvalue weighted by molar-refractivity contribution is 6.42. The van der Waals surface area contributed by atoms with E-state index in [0.29, 0.717) is 34.8 Å². The number of hydrogen-bond acceptors (Lipinski definition) is 4. The van der Waals surface area contributed by atoms with Crippen LogP contribution in [0, 0.1) is 0 Å². The highest BCUT2D eigenvalue weighted by Gasteiger charge is 2.10. The lowest BCUT2D eigenvalue weighted by molar-refractivity contribution is 0.110. The van der Waals surface area contributed by atoms with E-state index in [4.69, 9.17) is 27.9 Å². The van der Waals surface area contributed by atoms with Gasteiger partial charge in [-0.05, 0) is 31.2 Å². The highest BCUT2D eigenvalue weighted by Crippen LogP contribution is 2.31. The van der Waals surface area contributed by atoms with Crippen molar-refractivity contribution in [3.8, 4) is 5.75 Å². The second-order valence-corrected chi connectivity index (χ2v) is 6.20. The van der Waals surface area contributed by atoms with Gasteiger partial charge in [0.1, 0.15) is 23.5 Å². The molecular weight excluding hydrogens is 375 g/mol. The largest absolute Gasteiger partial charge is 0.489 e. The summed E-state index contributed by atoms with van der Waals surface area (Å²) < 4.78 is 5.52. The van der Waals surface area contributed by atoms with Gasteiger partial charge in [-0.1, -0.05) is 35.3 Å². The average Bonchev–Trinajstić information content (AvgIpc) is 2.66. The maximum absolute atomic E-state index is 10.1. The van der Waals surface area contributed by atoms with E-state index in [1.807, 2.05) is 25.1 Å². The molecule has 0 spiro atoms. The second-order valence-electron chi connectivity index (χ2n) is 5.41. The molecule has 8 heteroatoms. The molecule has 0 aliphatic carbocycles.